The maximum Gasteiger partial charge on any atom is 0.240 e. The number of nitrogens with two attached hydrogens (primary N) is 1. The Morgan fingerprint density at radius 1 is 1.19 bits per heavy atom. The van der Waals surface area contributed by atoms with Gasteiger partial charge in [0.2, 0.25) is 10.0 Å². The van der Waals surface area contributed by atoms with Crippen LogP contribution < -0.4 is 10.5 Å². The van der Waals surface area contributed by atoms with Gasteiger partial charge < -0.3 is 10.6 Å². The minimum Gasteiger partial charge on any atom is -0.398 e. The molecule has 21 heavy (non-hydrogen) atoms. The van der Waals surface area contributed by atoms with E-state index in [2.05, 4.69) is 9.62 Å². The average Bonchev–Trinajstić information content (AvgIpc) is 2.70. The normalized spacial score (nSPS) is 17.6. The Hall–Kier alpha value is -1.11. The van der Waals surface area contributed by atoms with Crippen LogP contribution in [-0.2, 0) is 10.0 Å². The zero-order valence-electron chi connectivity index (χ0n) is 12.6. The Morgan fingerprint density at radius 3 is 2.52 bits per heavy atom. The lowest BCUT2D eigenvalue weighted by molar-refractivity contribution is 0.290. The summed E-state index contributed by atoms with van der Waals surface area (Å²) < 4.78 is 27.3. The molecule has 0 bridgehead atoms. The molecule has 1 aliphatic heterocycles. The van der Waals surface area contributed by atoms with Crippen molar-refractivity contribution in [1.82, 2.24) is 9.62 Å². The molecule has 0 atom stereocenters. The van der Waals surface area contributed by atoms with E-state index >= 15 is 0 Å². The monoisotopic (exact) mass is 311 g/mol. The van der Waals surface area contributed by atoms with Crippen LogP contribution in [-0.4, -0.2) is 39.5 Å². The zero-order valence-corrected chi connectivity index (χ0v) is 13.5. The van der Waals surface area contributed by atoms with E-state index in [9.17, 15) is 8.42 Å². The topological polar surface area (TPSA) is 75.4 Å². The number of hydrogen-bond donors (Lipinski definition) is 2. The number of likely N-dealkylation sites (tertiary alicyclic amines) is 1. The largest absolute Gasteiger partial charge is 0.398 e. The molecule has 6 heteroatoms. The third-order valence-electron chi connectivity index (χ3n) is 4.03. The molecule has 0 saturated carbocycles. The van der Waals surface area contributed by atoms with Crippen LogP contribution in [0.3, 0.4) is 0 Å². The predicted octanol–water partition coefficient (Wildman–Crippen LogP) is 1.73. The van der Waals surface area contributed by atoms with Gasteiger partial charge in [0.05, 0.1) is 4.90 Å². The number of benzene rings is 1. The molecule has 0 aromatic heterocycles. The van der Waals surface area contributed by atoms with Crippen LogP contribution in [0, 0.1) is 6.92 Å². The summed E-state index contributed by atoms with van der Waals surface area (Å²) in [6, 6.07) is 4.98. The number of sulfonamides is 1. The number of nitrogens with one attached hydrogen (secondary N) is 1. The molecule has 2 rings (SSSR count). The molecule has 0 spiro atoms. The third kappa shape index (κ3) is 4.43. The second kappa shape index (κ2) is 7.24. The van der Waals surface area contributed by atoms with Crippen molar-refractivity contribution in [3.8, 4) is 0 Å². The molecule has 118 valence electrons. The Bertz CT molecular complexity index is 564. The van der Waals surface area contributed by atoms with Crippen LogP contribution >= 0.6 is 0 Å². The summed E-state index contributed by atoms with van der Waals surface area (Å²) in [7, 11) is -3.48. The van der Waals surface area contributed by atoms with Gasteiger partial charge in [0, 0.05) is 18.8 Å². The van der Waals surface area contributed by atoms with Crippen molar-refractivity contribution < 1.29 is 8.42 Å². The van der Waals surface area contributed by atoms with E-state index in [4.69, 9.17) is 5.73 Å². The SMILES string of the molecule is Cc1c(N)cccc1S(=O)(=O)NCCN1CCCCCC1. The summed E-state index contributed by atoms with van der Waals surface area (Å²) in [6.07, 6.45) is 4.98. The second-order valence-electron chi connectivity index (χ2n) is 5.62. The molecule has 0 aliphatic carbocycles. The Labute approximate surface area is 127 Å². The average molecular weight is 311 g/mol. The highest BCUT2D eigenvalue weighted by molar-refractivity contribution is 7.89. The van der Waals surface area contributed by atoms with Crippen molar-refractivity contribution in [2.45, 2.75) is 37.5 Å². The summed E-state index contributed by atoms with van der Waals surface area (Å²) in [4.78, 5) is 2.61. The quantitative estimate of drug-likeness (QED) is 0.812. The lowest BCUT2D eigenvalue weighted by atomic mass is 10.2. The van der Waals surface area contributed by atoms with E-state index in [1.54, 1.807) is 25.1 Å². The molecular formula is C15H25N3O2S. The van der Waals surface area contributed by atoms with E-state index in [0.29, 0.717) is 17.8 Å². The van der Waals surface area contributed by atoms with Gasteiger partial charge in [0.15, 0.2) is 0 Å². The first-order valence-corrected chi connectivity index (χ1v) is 9.06. The molecule has 1 heterocycles. The van der Waals surface area contributed by atoms with Gasteiger partial charge >= 0.3 is 0 Å². The van der Waals surface area contributed by atoms with Crippen molar-refractivity contribution in [2.75, 3.05) is 31.9 Å². The van der Waals surface area contributed by atoms with Crippen LogP contribution in [0.4, 0.5) is 5.69 Å². The fraction of sp³-hybridized carbons (Fsp3) is 0.600. The van der Waals surface area contributed by atoms with Crippen molar-refractivity contribution >= 4 is 15.7 Å². The molecule has 1 aromatic rings. The smallest absolute Gasteiger partial charge is 0.240 e. The zero-order chi connectivity index (χ0) is 15.3. The molecule has 0 unspecified atom stereocenters. The van der Waals surface area contributed by atoms with Gasteiger partial charge in [-0.15, -0.1) is 0 Å². The van der Waals surface area contributed by atoms with Crippen molar-refractivity contribution in [3.63, 3.8) is 0 Å². The van der Waals surface area contributed by atoms with Crippen molar-refractivity contribution in [3.05, 3.63) is 23.8 Å². The minimum atomic E-state index is -3.48. The van der Waals surface area contributed by atoms with E-state index in [-0.39, 0.29) is 4.90 Å². The molecule has 5 nitrogen and oxygen atoms in total. The van der Waals surface area contributed by atoms with Crippen LogP contribution in [0.5, 0.6) is 0 Å². The standard InChI is InChI=1S/C15H25N3O2S/c1-13-14(16)7-6-8-15(13)21(19,20)17-9-12-18-10-4-2-3-5-11-18/h6-8,17H,2-5,9-12,16H2,1H3. The first-order chi connectivity index (χ1) is 10.0. The highest BCUT2D eigenvalue weighted by atomic mass is 32.2. The molecule has 1 aromatic carbocycles. The highest BCUT2D eigenvalue weighted by Crippen LogP contribution is 2.20. The molecule has 3 N–H and O–H groups in total. The first kappa shape index (κ1) is 16.3. The number of anilines is 1. The molecule has 1 saturated heterocycles. The van der Waals surface area contributed by atoms with Crippen LogP contribution in [0.25, 0.3) is 0 Å². The van der Waals surface area contributed by atoms with Gasteiger partial charge in [0.1, 0.15) is 0 Å². The van der Waals surface area contributed by atoms with Gasteiger partial charge in [-0.3, -0.25) is 0 Å². The second-order valence-corrected chi connectivity index (χ2v) is 7.36. The first-order valence-electron chi connectivity index (χ1n) is 7.58. The molecule has 0 amide bonds. The van der Waals surface area contributed by atoms with E-state index in [1.807, 2.05) is 0 Å². The third-order valence-corrected chi connectivity index (χ3v) is 5.64. The minimum absolute atomic E-state index is 0.276. The fourth-order valence-corrected chi connectivity index (χ4v) is 3.99. The molecule has 0 radical (unpaired) electrons. The van der Waals surface area contributed by atoms with Crippen LogP contribution in [0.15, 0.2) is 23.1 Å². The van der Waals surface area contributed by atoms with E-state index < -0.39 is 10.0 Å². The van der Waals surface area contributed by atoms with Crippen LogP contribution in [0.1, 0.15) is 31.2 Å². The maximum atomic E-state index is 12.3. The van der Waals surface area contributed by atoms with Gasteiger partial charge in [-0.2, -0.15) is 0 Å². The van der Waals surface area contributed by atoms with E-state index in [1.165, 1.54) is 25.7 Å². The lowest BCUT2D eigenvalue weighted by Gasteiger charge is -2.20. The Balaban J connectivity index is 1.93. The summed E-state index contributed by atoms with van der Waals surface area (Å²) in [6.45, 7) is 5.08. The van der Waals surface area contributed by atoms with Crippen molar-refractivity contribution in [1.29, 1.82) is 0 Å². The number of hydrogen-bond acceptors (Lipinski definition) is 4. The lowest BCUT2D eigenvalue weighted by Crippen LogP contribution is -2.35. The van der Waals surface area contributed by atoms with E-state index in [0.717, 1.165) is 19.6 Å². The molecule has 1 aliphatic rings. The summed E-state index contributed by atoms with van der Waals surface area (Å²) >= 11 is 0. The summed E-state index contributed by atoms with van der Waals surface area (Å²) in [5.74, 6) is 0. The molecular weight excluding hydrogens is 286 g/mol. The van der Waals surface area contributed by atoms with Gasteiger partial charge in [0.25, 0.3) is 0 Å². The maximum absolute atomic E-state index is 12.3. The van der Waals surface area contributed by atoms with Gasteiger partial charge in [-0.1, -0.05) is 18.9 Å². The number of nitrogen functional groups attached to an aromatic ring is 1. The summed E-state index contributed by atoms with van der Waals surface area (Å²) in [5.41, 5.74) is 6.90. The molecule has 1 fully saturated rings. The van der Waals surface area contributed by atoms with Crippen molar-refractivity contribution in [2.24, 2.45) is 0 Å². The van der Waals surface area contributed by atoms with Gasteiger partial charge in [-0.05, 0) is 50.6 Å². The van der Waals surface area contributed by atoms with Gasteiger partial charge in [-0.25, -0.2) is 13.1 Å². The Morgan fingerprint density at radius 2 is 1.86 bits per heavy atom. The Kier molecular flexibility index (Phi) is 5.61. The van der Waals surface area contributed by atoms with Crippen LogP contribution in [0.2, 0.25) is 0 Å². The highest BCUT2D eigenvalue weighted by Gasteiger charge is 2.18. The number of rotatable bonds is 5. The summed E-state index contributed by atoms with van der Waals surface area (Å²) in [5, 5.41) is 0. The predicted molar refractivity (Wildman–Crippen MR) is 85.7 cm³/mol. The fourth-order valence-electron chi connectivity index (χ4n) is 2.70. The number of nitrogens with zero attached hydrogens (tertiary/aromatic N) is 1.